The molecule has 1 rings (SSSR count). The third kappa shape index (κ3) is 2.50. The zero-order chi connectivity index (χ0) is 12.1. The van der Waals surface area contributed by atoms with E-state index in [1.807, 2.05) is 13.0 Å². The molecule has 0 spiro atoms. The maximum atomic E-state index is 11.5. The van der Waals surface area contributed by atoms with Crippen molar-refractivity contribution in [1.29, 1.82) is 0 Å². The lowest BCUT2D eigenvalue weighted by Crippen LogP contribution is -2.20. The molecule has 0 saturated heterocycles. The zero-order valence-corrected chi connectivity index (χ0v) is 9.57. The summed E-state index contributed by atoms with van der Waals surface area (Å²) in [5.41, 5.74) is 8.35. The van der Waals surface area contributed by atoms with Gasteiger partial charge >= 0.3 is 0 Å². The van der Waals surface area contributed by atoms with Crippen LogP contribution in [0.25, 0.3) is 0 Å². The zero-order valence-electron chi connectivity index (χ0n) is 9.57. The van der Waals surface area contributed by atoms with Crippen LogP contribution in [0, 0.1) is 6.92 Å². The predicted octanol–water partition coefficient (Wildman–Crippen LogP) is 0.917. The van der Waals surface area contributed by atoms with Gasteiger partial charge in [0.25, 0.3) is 5.91 Å². The van der Waals surface area contributed by atoms with Crippen LogP contribution in [-0.2, 0) is 4.84 Å². The number of aryl methyl sites for hydroxylation is 1. The molecule has 86 valence electrons. The second kappa shape index (κ2) is 5.16. The quantitative estimate of drug-likeness (QED) is 0.452. The molecule has 1 amide bonds. The third-order valence-corrected chi connectivity index (χ3v) is 2.19. The van der Waals surface area contributed by atoms with E-state index in [2.05, 4.69) is 15.3 Å². The van der Waals surface area contributed by atoms with Gasteiger partial charge in [-0.15, -0.1) is 0 Å². The summed E-state index contributed by atoms with van der Waals surface area (Å²) in [5.74, 6) is -0.215. The van der Waals surface area contributed by atoms with Crippen LogP contribution in [-0.4, -0.2) is 26.3 Å². The first-order chi connectivity index (χ1) is 7.60. The van der Waals surface area contributed by atoms with Crippen molar-refractivity contribution in [3.63, 3.8) is 0 Å². The number of nitrogens with two attached hydrogens (primary N) is 1. The highest BCUT2D eigenvalue weighted by molar-refractivity contribution is 6.01. The Labute approximate surface area is 94.3 Å². The molecule has 0 atom stereocenters. The number of carbonyl (C=O) groups is 1. The number of amides is 1. The molecule has 0 aromatic heterocycles. The lowest BCUT2D eigenvalue weighted by molar-refractivity contribution is 0.0964. The van der Waals surface area contributed by atoms with Crippen molar-refractivity contribution in [2.24, 2.45) is 5.16 Å². The first kappa shape index (κ1) is 12.0. The molecule has 1 aromatic rings. The minimum atomic E-state index is -0.215. The first-order valence-corrected chi connectivity index (χ1v) is 4.79. The van der Waals surface area contributed by atoms with Crippen LogP contribution in [0.1, 0.15) is 21.5 Å². The van der Waals surface area contributed by atoms with E-state index in [-0.39, 0.29) is 5.91 Å². The smallest absolute Gasteiger partial charge is 0.253 e. The van der Waals surface area contributed by atoms with Crippen molar-refractivity contribution < 1.29 is 9.63 Å². The Kier molecular flexibility index (Phi) is 3.88. The van der Waals surface area contributed by atoms with Crippen LogP contribution in [0.15, 0.2) is 17.3 Å². The number of oxime groups is 1. The normalized spacial score (nSPS) is 10.4. The summed E-state index contributed by atoms with van der Waals surface area (Å²) in [6, 6.07) is 3.51. The topological polar surface area (TPSA) is 76.7 Å². The number of nitrogens with zero attached hydrogens (tertiary/aromatic N) is 1. The third-order valence-electron chi connectivity index (χ3n) is 2.19. The molecule has 5 heteroatoms. The van der Waals surface area contributed by atoms with Gasteiger partial charge in [-0.3, -0.25) is 4.79 Å². The maximum absolute atomic E-state index is 11.5. The second-order valence-electron chi connectivity index (χ2n) is 3.30. The highest BCUT2D eigenvalue weighted by atomic mass is 16.6. The molecule has 0 aliphatic carbocycles. The molecule has 0 saturated carbocycles. The molecule has 0 radical (unpaired) electrons. The summed E-state index contributed by atoms with van der Waals surface area (Å²) < 4.78 is 0. The number of nitrogens with one attached hydrogen (secondary N) is 1. The predicted molar refractivity (Wildman–Crippen MR) is 63.6 cm³/mol. The molecule has 1 aromatic carbocycles. The highest BCUT2D eigenvalue weighted by Gasteiger charge is 2.10. The fourth-order valence-corrected chi connectivity index (χ4v) is 1.34. The van der Waals surface area contributed by atoms with Gasteiger partial charge in [0, 0.05) is 12.7 Å². The number of hydrogen-bond donors (Lipinski definition) is 2. The van der Waals surface area contributed by atoms with Crippen LogP contribution in [0.4, 0.5) is 5.69 Å². The Morgan fingerprint density at radius 2 is 2.25 bits per heavy atom. The van der Waals surface area contributed by atoms with Gasteiger partial charge in [0.1, 0.15) is 7.11 Å². The average molecular weight is 221 g/mol. The van der Waals surface area contributed by atoms with Gasteiger partial charge in [0.2, 0.25) is 0 Å². The number of benzene rings is 1. The molecule has 0 bridgehead atoms. The Morgan fingerprint density at radius 3 is 2.81 bits per heavy atom. The van der Waals surface area contributed by atoms with E-state index < -0.39 is 0 Å². The first-order valence-electron chi connectivity index (χ1n) is 4.79. The van der Waals surface area contributed by atoms with Crippen molar-refractivity contribution >= 4 is 17.8 Å². The number of rotatable bonds is 3. The van der Waals surface area contributed by atoms with E-state index in [1.165, 1.54) is 13.3 Å². The van der Waals surface area contributed by atoms with Crippen molar-refractivity contribution in [3.8, 4) is 0 Å². The molecule has 0 aliphatic rings. The number of hydrogen-bond acceptors (Lipinski definition) is 4. The SMILES string of the molecule is CNC(=O)c1cc(/C=N/OC)cc(C)c1N. The van der Waals surface area contributed by atoms with E-state index >= 15 is 0 Å². The lowest BCUT2D eigenvalue weighted by Gasteiger charge is -2.08. The molecule has 0 unspecified atom stereocenters. The fraction of sp³-hybridized carbons (Fsp3) is 0.273. The van der Waals surface area contributed by atoms with Crippen molar-refractivity contribution in [1.82, 2.24) is 5.32 Å². The highest BCUT2D eigenvalue weighted by Crippen LogP contribution is 2.18. The average Bonchev–Trinajstić information content (AvgIpc) is 2.29. The fourth-order valence-electron chi connectivity index (χ4n) is 1.34. The van der Waals surface area contributed by atoms with Crippen molar-refractivity contribution in [2.45, 2.75) is 6.92 Å². The van der Waals surface area contributed by atoms with E-state index in [1.54, 1.807) is 13.1 Å². The van der Waals surface area contributed by atoms with Crippen LogP contribution in [0.2, 0.25) is 0 Å². The van der Waals surface area contributed by atoms with Gasteiger partial charge in [0.15, 0.2) is 0 Å². The van der Waals surface area contributed by atoms with Gasteiger partial charge in [-0.25, -0.2) is 0 Å². The molecule has 5 nitrogen and oxygen atoms in total. The van der Waals surface area contributed by atoms with Gasteiger partial charge in [-0.1, -0.05) is 5.16 Å². The summed E-state index contributed by atoms with van der Waals surface area (Å²) in [4.78, 5) is 16.1. The summed E-state index contributed by atoms with van der Waals surface area (Å²) in [6.45, 7) is 1.84. The Morgan fingerprint density at radius 1 is 1.56 bits per heavy atom. The Bertz CT molecular complexity index is 427. The minimum absolute atomic E-state index is 0.215. The molecule has 0 aliphatic heterocycles. The van der Waals surface area contributed by atoms with E-state index in [0.717, 1.165) is 11.1 Å². The summed E-state index contributed by atoms with van der Waals surface area (Å²) in [6.07, 6.45) is 1.53. The second-order valence-corrected chi connectivity index (χ2v) is 3.30. The standard InChI is InChI=1S/C11H15N3O2/c1-7-4-8(6-14-16-3)5-9(10(7)12)11(15)13-2/h4-6H,12H2,1-3H3,(H,13,15)/b14-6+. The maximum Gasteiger partial charge on any atom is 0.253 e. The monoisotopic (exact) mass is 221 g/mol. The van der Waals surface area contributed by atoms with Gasteiger partial charge in [-0.05, 0) is 30.2 Å². The van der Waals surface area contributed by atoms with Gasteiger partial charge in [-0.2, -0.15) is 0 Å². The lowest BCUT2D eigenvalue weighted by atomic mass is 10.0. The van der Waals surface area contributed by atoms with Crippen LogP contribution in [0.3, 0.4) is 0 Å². The molecule has 3 N–H and O–H groups in total. The van der Waals surface area contributed by atoms with Crippen molar-refractivity contribution in [3.05, 3.63) is 28.8 Å². The molecular weight excluding hydrogens is 206 g/mol. The minimum Gasteiger partial charge on any atom is -0.399 e. The number of carbonyl (C=O) groups excluding carboxylic acids is 1. The van der Waals surface area contributed by atoms with Crippen LogP contribution < -0.4 is 11.1 Å². The molecular formula is C11H15N3O2. The molecule has 0 heterocycles. The van der Waals surface area contributed by atoms with Crippen LogP contribution in [0.5, 0.6) is 0 Å². The number of nitrogen functional groups attached to an aromatic ring is 1. The summed E-state index contributed by atoms with van der Waals surface area (Å²) >= 11 is 0. The number of anilines is 1. The Balaban J connectivity index is 3.22. The van der Waals surface area contributed by atoms with Gasteiger partial charge in [0.05, 0.1) is 11.8 Å². The van der Waals surface area contributed by atoms with Crippen molar-refractivity contribution in [2.75, 3.05) is 19.9 Å². The van der Waals surface area contributed by atoms with E-state index in [9.17, 15) is 4.79 Å². The molecule has 0 fully saturated rings. The summed E-state index contributed by atoms with van der Waals surface area (Å²) in [7, 11) is 3.02. The van der Waals surface area contributed by atoms with E-state index in [4.69, 9.17) is 5.73 Å². The molecule has 16 heavy (non-hydrogen) atoms. The Hall–Kier alpha value is -2.04. The largest absolute Gasteiger partial charge is 0.399 e. The summed E-state index contributed by atoms with van der Waals surface area (Å²) in [5, 5.41) is 6.18. The van der Waals surface area contributed by atoms with E-state index in [0.29, 0.717) is 11.3 Å². The van der Waals surface area contributed by atoms with Gasteiger partial charge < -0.3 is 15.9 Å². The van der Waals surface area contributed by atoms with Crippen LogP contribution >= 0.6 is 0 Å².